The topological polar surface area (TPSA) is 68.3 Å². The lowest BCUT2D eigenvalue weighted by molar-refractivity contribution is -0.124. The molecule has 1 N–H and O–H groups in total. The average molecular weight is 264 g/mol. The Kier molecular flexibility index (Phi) is 3.57. The number of aromatic nitrogens is 1. The fourth-order valence-corrected chi connectivity index (χ4v) is 2.43. The number of hydrogen-bond donors (Lipinski definition) is 1. The van der Waals surface area contributed by atoms with E-state index in [1.54, 1.807) is 7.11 Å². The summed E-state index contributed by atoms with van der Waals surface area (Å²) in [6.45, 7) is 1.38. The van der Waals surface area contributed by atoms with Crippen LogP contribution in [0.25, 0.3) is 10.2 Å². The number of thiazole rings is 1. The molecule has 0 atom stereocenters. The van der Waals surface area contributed by atoms with Gasteiger partial charge in [0.25, 0.3) is 0 Å². The van der Waals surface area contributed by atoms with Crippen molar-refractivity contribution in [1.82, 2.24) is 4.98 Å². The van der Waals surface area contributed by atoms with E-state index in [1.807, 2.05) is 18.2 Å². The van der Waals surface area contributed by atoms with E-state index in [-0.39, 0.29) is 18.1 Å². The zero-order valence-electron chi connectivity index (χ0n) is 10.0. The van der Waals surface area contributed by atoms with E-state index >= 15 is 0 Å². The fraction of sp³-hybridized carbons (Fsp3) is 0.250. The van der Waals surface area contributed by atoms with E-state index in [0.29, 0.717) is 16.4 Å². The Labute approximate surface area is 108 Å². The number of nitrogens with zero attached hydrogens (tertiary/aromatic N) is 1. The number of rotatable bonds is 4. The molecular formula is C12H12N2O3S. The van der Waals surface area contributed by atoms with E-state index < -0.39 is 0 Å². The SMILES string of the molecule is COc1cccc2sc(NC(=O)CC(C)=O)nc12. The van der Waals surface area contributed by atoms with Crippen molar-refractivity contribution in [2.45, 2.75) is 13.3 Å². The van der Waals surface area contributed by atoms with Crippen LogP contribution in [-0.4, -0.2) is 23.8 Å². The first kappa shape index (κ1) is 12.5. The second-order valence-electron chi connectivity index (χ2n) is 3.75. The minimum atomic E-state index is -0.347. The number of benzene rings is 1. The van der Waals surface area contributed by atoms with E-state index in [0.717, 1.165) is 4.70 Å². The van der Waals surface area contributed by atoms with Gasteiger partial charge in [-0.2, -0.15) is 0 Å². The van der Waals surface area contributed by atoms with Crippen LogP contribution in [-0.2, 0) is 9.59 Å². The molecule has 0 bridgehead atoms. The molecule has 2 aromatic rings. The van der Waals surface area contributed by atoms with Crippen molar-refractivity contribution in [2.75, 3.05) is 12.4 Å². The Bertz CT molecular complexity index is 606. The zero-order valence-corrected chi connectivity index (χ0v) is 10.8. The first-order valence-corrected chi connectivity index (χ1v) is 6.14. The van der Waals surface area contributed by atoms with Gasteiger partial charge in [0.1, 0.15) is 17.0 Å². The number of ether oxygens (including phenoxy) is 1. The molecule has 0 aliphatic rings. The largest absolute Gasteiger partial charge is 0.494 e. The Morgan fingerprint density at radius 3 is 2.89 bits per heavy atom. The summed E-state index contributed by atoms with van der Waals surface area (Å²) in [6, 6.07) is 5.57. The molecule has 94 valence electrons. The van der Waals surface area contributed by atoms with Crippen LogP contribution in [0.15, 0.2) is 18.2 Å². The molecule has 0 unspecified atom stereocenters. The number of amides is 1. The quantitative estimate of drug-likeness (QED) is 0.860. The minimum absolute atomic E-state index is 0.132. The predicted molar refractivity (Wildman–Crippen MR) is 70.1 cm³/mol. The predicted octanol–water partition coefficient (Wildman–Crippen LogP) is 2.22. The summed E-state index contributed by atoms with van der Waals surface area (Å²) in [5.41, 5.74) is 0.711. The van der Waals surface area contributed by atoms with Crippen molar-refractivity contribution in [3.8, 4) is 5.75 Å². The first-order chi connectivity index (χ1) is 8.60. The lowest BCUT2D eigenvalue weighted by Gasteiger charge is -1.98. The standard InChI is InChI=1S/C12H12N2O3S/c1-7(15)6-10(16)13-12-14-11-8(17-2)4-3-5-9(11)18-12/h3-5H,6H2,1-2H3,(H,13,14,16). The van der Waals surface area contributed by atoms with E-state index in [1.165, 1.54) is 18.3 Å². The second-order valence-corrected chi connectivity index (χ2v) is 4.78. The molecule has 6 heteroatoms. The molecule has 0 aliphatic carbocycles. The van der Waals surface area contributed by atoms with E-state index in [2.05, 4.69) is 10.3 Å². The van der Waals surface area contributed by atoms with Crippen LogP contribution in [0.3, 0.4) is 0 Å². The van der Waals surface area contributed by atoms with Crippen LogP contribution in [0.2, 0.25) is 0 Å². The van der Waals surface area contributed by atoms with Gasteiger partial charge in [0.15, 0.2) is 5.13 Å². The van der Waals surface area contributed by atoms with Crippen molar-refractivity contribution in [3.05, 3.63) is 18.2 Å². The van der Waals surface area contributed by atoms with Crippen LogP contribution in [0, 0.1) is 0 Å². The van der Waals surface area contributed by atoms with Gasteiger partial charge in [-0.25, -0.2) is 4.98 Å². The smallest absolute Gasteiger partial charge is 0.233 e. The van der Waals surface area contributed by atoms with Crippen LogP contribution in [0.1, 0.15) is 13.3 Å². The van der Waals surface area contributed by atoms with Gasteiger partial charge in [0, 0.05) is 0 Å². The normalized spacial score (nSPS) is 10.3. The van der Waals surface area contributed by atoms with Crippen molar-refractivity contribution in [2.24, 2.45) is 0 Å². The lowest BCUT2D eigenvalue weighted by Crippen LogP contribution is -2.14. The van der Waals surface area contributed by atoms with Crippen LogP contribution in [0.5, 0.6) is 5.75 Å². The molecule has 1 aromatic heterocycles. The number of nitrogens with one attached hydrogen (secondary N) is 1. The Balaban J connectivity index is 2.25. The number of ketones is 1. The van der Waals surface area contributed by atoms with Crippen molar-refractivity contribution >= 4 is 38.4 Å². The highest BCUT2D eigenvalue weighted by Crippen LogP contribution is 2.31. The molecule has 18 heavy (non-hydrogen) atoms. The number of fused-ring (bicyclic) bond motifs is 1. The van der Waals surface area contributed by atoms with Gasteiger partial charge in [-0.15, -0.1) is 0 Å². The van der Waals surface area contributed by atoms with Crippen molar-refractivity contribution in [3.63, 3.8) is 0 Å². The molecule has 0 fully saturated rings. The van der Waals surface area contributed by atoms with Gasteiger partial charge in [-0.1, -0.05) is 17.4 Å². The molecule has 0 saturated carbocycles. The zero-order chi connectivity index (χ0) is 13.1. The molecule has 1 amide bonds. The van der Waals surface area contributed by atoms with E-state index in [4.69, 9.17) is 4.74 Å². The highest BCUT2D eigenvalue weighted by Gasteiger charge is 2.11. The van der Waals surface area contributed by atoms with Crippen LogP contribution < -0.4 is 10.1 Å². The molecule has 0 saturated heterocycles. The second kappa shape index (κ2) is 5.14. The number of carbonyl (C=O) groups is 2. The van der Waals surface area contributed by atoms with Crippen LogP contribution in [0.4, 0.5) is 5.13 Å². The summed E-state index contributed by atoms with van der Waals surface area (Å²) in [6.07, 6.45) is -0.132. The molecular weight excluding hydrogens is 252 g/mol. The molecule has 1 aromatic carbocycles. The maximum absolute atomic E-state index is 11.5. The number of Topliss-reactive ketones (excluding diaryl/α,β-unsaturated/α-hetero) is 1. The van der Waals surface area contributed by atoms with Gasteiger partial charge >= 0.3 is 0 Å². The number of para-hydroxylation sites is 1. The number of methoxy groups -OCH3 is 1. The molecule has 2 rings (SSSR count). The third-order valence-electron chi connectivity index (χ3n) is 2.26. The van der Waals surface area contributed by atoms with Gasteiger partial charge < -0.3 is 10.1 Å². The summed E-state index contributed by atoms with van der Waals surface area (Å²) in [5.74, 6) is 0.141. The maximum atomic E-state index is 11.5. The van der Waals surface area contributed by atoms with Gasteiger partial charge in [-0.05, 0) is 19.1 Å². The summed E-state index contributed by atoms with van der Waals surface area (Å²) in [4.78, 5) is 26.6. The highest BCUT2D eigenvalue weighted by atomic mass is 32.1. The lowest BCUT2D eigenvalue weighted by atomic mass is 10.3. The minimum Gasteiger partial charge on any atom is -0.494 e. The Hall–Kier alpha value is -1.95. The summed E-state index contributed by atoms with van der Waals surface area (Å²) < 4.78 is 6.11. The Morgan fingerprint density at radius 2 is 2.22 bits per heavy atom. The maximum Gasteiger partial charge on any atom is 0.233 e. The van der Waals surface area contributed by atoms with Gasteiger partial charge in [0.2, 0.25) is 5.91 Å². The molecule has 0 radical (unpaired) electrons. The Morgan fingerprint density at radius 1 is 1.44 bits per heavy atom. The number of hydrogen-bond acceptors (Lipinski definition) is 5. The fourth-order valence-electron chi connectivity index (χ4n) is 1.53. The van der Waals surface area contributed by atoms with E-state index in [9.17, 15) is 9.59 Å². The molecule has 1 heterocycles. The van der Waals surface area contributed by atoms with Crippen molar-refractivity contribution < 1.29 is 14.3 Å². The summed E-state index contributed by atoms with van der Waals surface area (Å²) in [7, 11) is 1.57. The number of anilines is 1. The first-order valence-electron chi connectivity index (χ1n) is 5.33. The molecule has 5 nitrogen and oxygen atoms in total. The van der Waals surface area contributed by atoms with Crippen LogP contribution >= 0.6 is 11.3 Å². The third-order valence-corrected chi connectivity index (χ3v) is 3.19. The summed E-state index contributed by atoms with van der Waals surface area (Å²) in [5, 5.41) is 3.08. The van der Waals surface area contributed by atoms with Gasteiger partial charge in [-0.3, -0.25) is 9.59 Å². The van der Waals surface area contributed by atoms with Crippen molar-refractivity contribution in [1.29, 1.82) is 0 Å². The number of carbonyl (C=O) groups excluding carboxylic acids is 2. The average Bonchev–Trinajstić information content (AvgIpc) is 2.69. The summed E-state index contributed by atoms with van der Waals surface area (Å²) >= 11 is 1.35. The molecule has 0 aliphatic heterocycles. The molecule has 0 spiro atoms. The highest BCUT2D eigenvalue weighted by molar-refractivity contribution is 7.22. The monoisotopic (exact) mass is 264 g/mol. The third kappa shape index (κ3) is 2.65. The van der Waals surface area contributed by atoms with Gasteiger partial charge in [0.05, 0.1) is 18.2 Å².